The fourth-order valence-corrected chi connectivity index (χ4v) is 2.79. The highest BCUT2D eigenvalue weighted by atomic mass is 79.9. The Bertz CT molecular complexity index is 584. The molecule has 3 N–H and O–H groups in total. The topological polar surface area (TPSA) is 50.9 Å². The van der Waals surface area contributed by atoms with Gasteiger partial charge in [0.1, 0.15) is 5.82 Å². The number of nitrogens with one attached hydrogen (secondary N) is 1. The Labute approximate surface area is 128 Å². The number of anilines is 1. The molecule has 0 saturated heterocycles. The van der Waals surface area contributed by atoms with Crippen molar-refractivity contribution in [3.05, 3.63) is 57.7 Å². The molecule has 0 radical (unpaired) electrons. The molecule has 0 fully saturated rings. The quantitative estimate of drug-likeness (QED) is 0.874. The van der Waals surface area contributed by atoms with E-state index in [4.69, 9.17) is 5.73 Å². The van der Waals surface area contributed by atoms with Crippen LogP contribution in [0.25, 0.3) is 0 Å². The largest absolute Gasteiger partial charge is 0.383 e. The zero-order valence-electron chi connectivity index (χ0n) is 11.9. The molecule has 0 amide bonds. The number of nitrogens with two attached hydrogens (primary N) is 1. The molecule has 0 saturated carbocycles. The number of nitrogens with zero attached hydrogens (tertiary/aromatic N) is 1. The van der Waals surface area contributed by atoms with Crippen LogP contribution >= 0.6 is 15.9 Å². The summed E-state index contributed by atoms with van der Waals surface area (Å²) in [5, 5.41) is 3.57. The van der Waals surface area contributed by atoms with Crippen LogP contribution < -0.4 is 11.1 Å². The van der Waals surface area contributed by atoms with Crippen molar-refractivity contribution in [2.45, 2.75) is 26.3 Å². The normalized spacial score (nSPS) is 12.3. The van der Waals surface area contributed by atoms with Crippen molar-refractivity contribution < 1.29 is 0 Å². The molecule has 0 spiro atoms. The third kappa shape index (κ3) is 3.38. The van der Waals surface area contributed by atoms with Crippen LogP contribution in [0.4, 0.5) is 5.82 Å². The molecule has 2 rings (SSSR count). The number of hydrogen-bond donors (Lipinski definition) is 2. The highest BCUT2D eigenvalue weighted by molar-refractivity contribution is 9.10. The van der Waals surface area contributed by atoms with Crippen molar-refractivity contribution in [1.82, 2.24) is 10.3 Å². The van der Waals surface area contributed by atoms with Gasteiger partial charge < -0.3 is 11.1 Å². The fraction of sp³-hybridized carbons (Fsp3) is 0.312. The Morgan fingerprint density at radius 2 is 2.10 bits per heavy atom. The van der Waals surface area contributed by atoms with E-state index >= 15 is 0 Å². The first-order valence-corrected chi connectivity index (χ1v) is 7.62. The van der Waals surface area contributed by atoms with E-state index in [0.717, 1.165) is 23.0 Å². The van der Waals surface area contributed by atoms with Gasteiger partial charge in [-0.25, -0.2) is 4.98 Å². The van der Waals surface area contributed by atoms with Gasteiger partial charge in [-0.1, -0.05) is 35.0 Å². The monoisotopic (exact) mass is 333 g/mol. The minimum absolute atomic E-state index is 0.0803. The molecule has 106 valence electrons. The average molecular weight is 334 g/mol. The van der Waals surface area contributed by atoms with Crippen LogP contribution in [0.1, 0.15) is 36.1 Å². The van der Waals surface area contributed by atoms with Crippen molar-refractivity contribution in [2.75, 3.05) is 12.3 Å². The van der Waals surface area contributed by atoms with Crippen LogP contribution in [0.3, 0.4) is 0 Å². The molecule has 1 aromatic carbocycles. The Hall–Kier alpha value is -1.39. The first kappa shape index (κ1) is 15.0. The van der Waals surface area contributed by atoms with Gasteiger partial charge in [-0.15, -0.1) is 0 Å². The Morgan fingerprint density at radius 1 is 1.30 bits per heavy atom. The summed E-state index contributed by atoms with van der Waals surface area (Å²) in [5.41, 5.74) is 9.55. The van der Waals surface area contributed by atoms with Gasteiger partial charge in [0, 0.05) is 16.2 Å². The summed E-state index contributed by atoms with van der Waals surface area (Å²) in [6.45, 7) is 5.22. The maximum atomic E-state index is 6.05. The van der Waals surface area contributed by atoms with Gasteiger partial charge in [-0.05, 0) is 49.2 Å². The molecule has 0 bridgehead atoms. The minimum atomic E-state index is 0.0803. The van der Waals surface area contributed by atoms with Gasteiger partial charge in [0.2, 0.25) is 0 Å². The summed E-state index contributed by atoms with van der Waals surface area (Å²) >= 11 is 3.51. The summed E-state index contributed by atoms with van der Waals surface area (Å²) in [4.78, 5) is 4.21. The Morgan fingerprint density at radius 3 is 2.75 bits per heavy atom. The zero-order chi connectivity index (χ0) is 14.5. The fourth-order valence-electron chi connectivity index (χ4n) is 2.31. The molecule has 0 aliphatic rings. The van der Waals surface area contributed by atoms with Crippen LogP contribution in [0.2, 0.25) is 0 Å². The van der Waals surface area contributed by atoms with Crippen molar-refractivity contribution in [2.24, 2.45) is 0 Å². The van der Waals surface area contributed by atoms with E-state index in [1.165, 1.54) is 11.1 Å². The van der Waals surface area contributed by atoms with E-state index in [1.807, 2.05) is 12.1 Å². The van der Waals surface area contributed by atoms with Crippen LogP contribution in [-0.4, -0.2) is 11.5 Å². The van der Waals surface area contributed by atoms with Crippen LogP contribution in [0.15, 0.2) is 41.0 Å². The highest BCUT2D eigenvalue weighted by Crippen LogP contribution is 2.29. The van der Waals surface area contributed by atoms with E-state index < -0.39 is 0 Å². The molecular weight excluding hydrogens is 314 g/mol. The summed E-state index contributed by atoms with van der Waals surface area (Å²) in [6.07, 6.45) is 2.80. The van der Waals surface area contributed by atoms with Crippen LogP contribution in [0.5, 0.6) is 0 Å². The summed E-state index contributed by atoms with van der Waals surface area (Å²) in [5.74, 6) is 0.587. The second-order valence-electron chi connectivity index (χ2n) is 4.87. The molecule has 3 nitrogen and oxygen atoms in total. The van der Waals surface area contributed by atoms with Crippen molar-refractivity contribution in [1.29, 1.82) is 0 Å². The van der Waals surface area contributed by atoms with Gasteiger partial charge in [0.05, 0.1) is 6.04 Å². The van der Waals surface area contributed by atoms with E-state index in [9.17, 15) is 0 Å². The lowest BCUT2D eigenvalue weighted by Gasteiger charge is -2.22. The summed E-state index contributed by atoms with van der Waals surface area (Å²) in [7, 11) is 0. The Balaban J connectivity index is 2.44. The van der Waals surface area contributed by atoms with Crippen molar-refractivity contribution in [3.63, 3.8) is 0 Å². The van der Waals surface area contributed by atoms with Crippen LogP contribution in [0, 0.1) is 6.92 Å². The number of aromatic nitrogens is 1. The van der Waals surface area contributed by atoms with Gasteiger partial charge in [-0.2, -0.15) is 0 Å². The van der Waals surface area contributed by atoms with Gasteiger partial charge in [0.15, 0.2) is 0 Å². The molecular formula is C16H20BrN3. The number of aryl methyl sites for hydroxylation is 1. The highest BCUT2D eigenvalue weighted by Gasteiger charge is 2.18. The molecule has 1 aromatic heterocycles. The van der Waals surface area contributed by atoms with Crippen LogP contribution in [-0.2, 0) is 0 Å². The molecule has 2 aromatic rings. The summed E-state index contributed by atoms with van der Waals surface area (Å²) < 4.78 is 1.09. The minimum Gasteiger partial charge on any atom is -0.383 e. The lowest BCUT2D eigenvalue weighted by Crippen LogP contribution is -2.25. The third-order valence-corrected chi connectivity index (χ3v) is 3.82. The predicted molar refractivity (Wildman–Crippen MR) is 87.7 cm³/mol. The maximum absolute atomic E-state index is 6.05. The smallest absolute Gasteiger partial charge is 0.128 e. The molecule has 0 aliphatic carbocycles. The standard InChI is InChI=1S/C16H20BrN3/c1-3-8-19-15(14-5-4-9-20-16(14)18)13-7-6-12(17)10-11(13)2/h4-7,9-10,15,19H,3,8H2,1-2H3,(H2,18,20). The number of halogens is 1. The van der Waals surface area contributed by atoms with Gasteiger partial charge >= 0.3 is 0 Å². The molecule has 1 unspecified atom stereocenters. The van der Waals surface area contributed by atoms with E-state index in [1.54, 1.807) is 6.20 Å². The molecule has 1 heterocycles. The van der Waals surface area contributed by atoms with Gasteiger partial charge in [0.25, 0.3) is 0 Å². The van der Waals surface area contributed by atoms with E-state index in [0.29, 0.717) is 5.82 Å². The van der Waals surface area contributed by atoms with E-state index in [-0.39, 0.29) is 6.04 Å². The number of pyridine rings is 1. The zero-order valence-corrected chi connectivity index (χ0v) is 13.4. The first-order chi connectivity index (χ1) is 9.63. The van der Waals surface area contributed by atoms with Crippen molar-refractivity contribution in [3.8, 4) is 0 Å². The third-order valence-electron chi connectivity index (χ3n) is 3.32. The lowest BCUT2D eigenvalue weighted by atomic mass is 9.95. The second-order valence-corrected chi connectivity index (χ2v) is 5.78. The SMILES string of the molecule is CCCNC(c1ccc(Br)cc1C)c1cccnc1N. The molecule has 0 aliphatic heterocycles. The first-order valence-electron chi connectivity index (χ1n) is 6.83. The van der Waals surface area contributed by atoms with Crippen molar-refractivity contribution >= 4 is 21.7 Å². The van der Waals surface area contributed by atoms with E-state index in [2.05, 4.69) is 58.3 Å². The van der Waals surface area contributed by atoms with Gasteiger partial charge in [-0.3, -0.25) is 0 Å². The number of hydrogen-bond acceptors (Lipinski definition) is 3. The summed E-state index contributed by atoms with van der Waals surface area (Å²) in [6, 6.07) is 10.4. The number of nitrogen functional groups attached to an aromatic ring is 1. The number of rotatable bonds is 5. The molecule has 1 atom stereocenters. The number of benzene rings is 1. The predicted octanol–water partition coefficient (Wildman–Crippen LogP) is 3.82. The maximum Gasteiger partial charge on any atom is 0.128 e. The second kappa shape index (κ2) is 6.86. The Kier molecular flexibility index (Phi) is 5.15. The molecule has 20 heavy (non-hydrogen) atoms. The average Bonchev–Trinajstić information content (AvgIpc) is 2.42. The molecule has 4 heteroatoms. The lowest BCUT2D eigenvalue weighted by molar-refractivity contribution is 0.596.